The van der Waals surface area contributed by atoms with Crippen LogP contribution in [0, 0.1) is 5.41 Å². The summed E-state index contributed by atoms with van der Waals surface area (Å²) >= 11 is 0. The minimum absolute atomic E-state index is 0.0618. The molecule has 2 aromatic rings. The molecule has 0 aliphatic carbocycles. The first-order chi connectivity index (χ1) is 15.8. The van der Waals surface area contributed by atoms with Crippen LogP contribution < -0.4 is 15.0 Å². The molecule has 0 saturated carbocycles. The molecule has 0 bridgehead atoms. The van der Waals surface area contributed by atoms with E-state index in [2.05, 4.69) is 42.8 Å². The van der Waals surface area contributed by atoms with Gasteiger partial charge in [-0.25, -0.2) is 0 Å². The van der Waals surface area contributed by atoms with Gasteiger partial charge >= 0.3 is 0 Å². The maximum Gasteiger partial charge on any atom is 0.131 e. The van der Waals surface area contributed by atoms with Crippen LogP contribution in [-0.2, 0) is 11.3 Å². The van der Waals surface area contributed by atoms with Crippen LogP contribution in [-0.4, -0.2) is 62.8 Å². The van der Waals surface area contributed by atoms with E-state index in [0.717, 1.165) is 44.0 Å². The van der Waals surface area contributed by atoms with Crippen LogP contribution in [0.5, 0.6) is 11.5 Å². The van der Waals surface area contributed by atoms with Crippen LogP contribution in [0.3, 0.4) is 0 Å². The highest BCUT2D eigenvalue weighted by Gasteiger charge is 2.22. The molecular weight excluding hydrogens is 416 g/mol. The molecule has 7 nitrogen and oxygen atoms in total. The van der Waals surface area contributed by atoms with Crippen LogP contribution >= 0.6 is 0 Å². The first-order valence-corrected chi connectivity index (χ1v) is 11.3. The number of benzene rings is 2. The number of phenolic OH excluding ortho intramolecular Hbond substituents is 1. The van der Waals surface area contributed by atoms with Gasteiger partial charge in [-0.2, -0.15) is 0 Å². The smallest absolute Gasteiger partial charge is 0.131 e. The van der Waals surface area contributed by atoms with E-state index >= 15 is 0 Å². The molecule has 0 spiro atoms. The molecule has 0 unspecified atom stereocenters. The average Bonchev–Trinajstić information content (AvgIpc) is 2.80. The second-order valence-corrected chi connectivity index (χ2v) is 8.62. The van der Waals surface area contributed by atoms with E-state index in [9.17, 15) is 5.11 Å². The molecule has 1 aliphatic rings. The number of aromatic hydroxyl groups is 1. The third-order valence-corrected chi connectivity index (χ3v) is 5.91. The third kappa shape index (κ3) is 5.93. The zero-order valence-corrected chi connectivity index (χ0v) is 20.1. The number of anilines is 1. The molecule has 0 radical (unpaired) electrons. The first-order valence-electron chi connectivity index (χ1n) is 11.3. The molecule has 0 atom stereocenters. The van der Waals surface area contributed by atoms with Crippen LogP contribution in [0.25, 0.3) is 5.70 Å². The molecule has 2 aromatic carbocycles. The molecule has 0 amide bonds. The number of hydrogen-bond donors (Lipinski definition) is 3. The molecule has 1 aliphatic heterocycles. The van der Waals surface area contributed by atoms with E-state index in [-0.39, 0.29) is 24.1 Å². The van der Waals surface area contributed by atoms with Crippen molar-refractivity contribution in [1.29, 1.82) is 5.41 Å². The Morgan fingerprint density at radius 1 is 1.18 bits per heavy atom. The van der Waals surface area contributed by atoms with Gasteiger partial charge in [-0.05, 0) is 35.2 Å². The maximum absolute atomic E-state index is 10.8. The van der Waals surface area contributed by atoms with E-state index in [0.29, 0.717) is 17.0 Å². The highest BCUT2D eigenvalue weighted by Crippen LogP contribution is 2.38. The summed E-state index contributed by atoms with van der Waals surface area (Å²) in [6.45, 7) is 13.5. The van der Waals surface area contributed by atoms with Gasteiger partial charge in [0.05, 0.1) is 12.8 Å². The van der Waals surface area contributed by atoms with Crippen LogP contribution in [0.1, 0.15) is 36.5 Å². The summed E-state index contributed by atoms with van der Waals surface area (Å²) < 4.78 is 10.7. The predicted octanol–water partition coefficient (Wildman–Crippen LogP) is 4.03. The number of rotatable bonds is 9. The fourth-order valence-corrected chi connectivity index (χ4v) is 4.12. The van der Waals surface area contributed by atoms with E-state index in [4.69, 9.17) is 14.9 Å². The van der Waals surface area contributed by atoms with Gasteiger partial charge in [0.2, 0.25) is 0 Å². The summed E-state index contributed by atoms with van der Waals surface area (Å²) in [5.74, 6) is 1.13. The molecule has 1 fully saturated rings. The monoisotopic (exact) mass is 452 g/mol. The summed E-state index contributed by atoms with van der Waals surface area (Å²) in [5, 5.41) is 22.8. The molecule has 3 N–H and O–H groups in total. The molecule has 1 saturated heterocycles. The molecule has 7 heteroatoms. The second-order valence-electron chi connectivity index (χ2n) is 8.62. The number of ether oxygens (including phenoxy) is 2. The van der Waals surface area contributed by atoms with E-state index in [1.807, 2.05) is 18.2 Å². The van der Waals surface area contributed by atoms with Crippen LogP contribution in [0.4, 0.5) is 5.69 Å². The lowest BCUT2D eigenvalue weighted by atomic mass is 9.97. The fraction of sp³-hybridized carbons (Fsp3) is 0.423. The Morgan fingerprint density at radius 3 is 2.42 bits per heavy atom. The highest BCUT2D eigenvalue weighted by molar-refractivity contribution is 6.08. The first kappa shape index (κ1) is 24.8. The predicted molar refractivity (Wildman–Crippen MR) is 134 cm³/mol. The van der Waals surface area contributed by atoms with Gasteiger partial charge in [0.15, 0.2) is 0 Å². The van der Waals surface area contributed by atoms with Gasteiger partial charge in [-0.3, -0.25) is 15.2 Å². The molecule has 178 valence electrons. The van der Waals surface area contributed by atoms with Crippen molar-refractivity contribution in [2.45, 2.75) is 26.3 Å². The minimum atomic E-state index is 0.0618. The number of amidine groups is 1. The summed E-state index contributed by atoms with van der Waals surface area (Å²) in [5.41, 5.74) is 4.06. The Labute approximate surface area is 197 Å². The van der Waals surface area contributed by atoms with Crippen molar-refractivity contribution in [3.8, 4) is 11.5 Å². The van der Waals surface area contributed by atoms with Crippen molar-refractivity contribution in [2.75, 3.05) is 51.9 Å². The average molecular weight is 453 g/mol. The lowest BCUT2D eigenvalue weighted by molar-refractivity contribution is 0.233. The normalized spacial score (nSPS) is 14.3. The van der Waals surface area contributed by atoms with Gasteiger partial charge in [0, 0.05) is 57.2 Å². The topological polar surface area (TPSA) is 81.0 Å². The van der Waals surface area contributed by atoms with Crippen LogP contribution in [0.15, 0.2) is 43.0 Å². The number of piperazine rings is 1. The zero-order valence-electron chi connectivity index (χ0n) is 20.1. The largest absolute Gasteiger partial charge is 0.507 e. The van der Waals surface area contributed by atoms with Crippen molar-refractivity contribution in [1.82, 2.24) is 10.2 Å². The Balaban J connectivity index is 1.92. The summed E-state index contributed by atoms with van der Waals surface area (Å²) in [6, 6.07) is 11.7. The summed E-state index contributed by atoms with van der Waals surface area (Å²) in [6.07, 6.45) is 0. The molecule has 1 heterocycles. The van der Waals surface area contributed by atoms with Gasteiger partial charge < -0.3 is 19.9 Å². The zero-order chi connectivity index (χ0) is 24.0. The molecule has 3 rings (SSSR count). The van der Waals surface area contributed by atoms with E-state index < -0.39 is 0 Å². The van der Waals surface area contributed by atoms with E-state index in [1.54, 1.807) is 25.2 Å². The van der Waals surface area contributed by atoms with Gasteiger partial charge in [0.1, 0.15) is 23.9 Å². The number of hydrogen-bond acceptors (Lipinski definition) is 6. The fourth-order valence-electron chi connectivity index (χ4n) is 4.12. The van der Waals surface area contributed by atoms with Gasteiger partial charge in [-0.1, -0.05) is 32.6 Å². The lowest BCUT2D eigenvalue weighted by Crippen LogP contribution is -2.42. The molecule has 0 aromatic heterocycles. The Bertz CT molecular complexity index is 966. The lowest BCUT2D eigenvalue weighted by Gasteiger charge is -2.29. The summed E-state index contributed by atoms with van der Waals surface area (Å²) in [7, 11) is 3.16. The van der Waals surface area contributed by atoms with Crippen molar-refractivity contribution in [2.24, 2.45) is 0 Å². The van der Waals surface area contributed by atoms with Crippen molar-refractivity contribution >= 4 is 17.2 Å². The SMILES string of the molecule is C=C(c1cc(C(C)C)c(OC)cc1O)N(C(=N)COC)c1ccc(CN2CCNCC2)cc1. The molecular formula is C26H36N4O3. The summed E-state index contributed by atoms with van der Waals surface area (Å²) in [4.78, 5) is 4.15. The van der Waals surface area contributed by atoms with Crippen molar-refractivity contribution < 1.29 is 14.6 Å². The van der Waals surface area contributed by atoms with Gasteiger partial charge in [0.25, 0.3) is 0 Å². The van der Waals surface area contributed by atoms with Crippen molar-refractivity contribution in [3.63, 3.8) is 0 Å². The molecule has 33 heavy (non-hydrogen) atoms. The Kier molecular flexibility index (Phi) is 8.49. The highest BCUT2D eigenvalue weighted by atomic mass is 16.5. The number of nitrogens with zero attached hydrogens (tertiary/aromatic N) is 2. The Hall–Kier alpha value is -2.87. The van der Waals surface area contributed by atoms with E-state index in [1.165, 1.54) is 5.56 Å². The number of nitrogens with one attached hydrogen (secondary N) is 2. The minimum Gasteiger partial charge on any atom is -0.507 e. The Morgan fingerprint density at radius 2 is 1.85 bits per heavy atom. The van der Waals surface area contributed by atoms with Crippen molar-refractivity contribution in [3.05, 3.63) is 59.7 Å². The number of phenols is 1. The standard InChI is InChI=1S/C26H36N4O3/c1-18(2)22-14-23(24(31)15-25(22)33-5)19(3)30(26(27)17-32-4)21-8-6-20(7-9-21)16-29-12-10-28-11-13-29/h6-9,14-15,18,27-28,31H,3,10-13,16-17H2,1-2,4-5H3. The van der Waals surface area contributed by atoms with Gasteiger partial charge in [-0.15, -0.1) is 0 Å². The third-order valence-electron chi connectivity index (χ3n) is 5.91. The van der Waals surface area contributed by atoms with Crippen LogP contribution in [0.2, 0.25) is 0 Å². The maximum atomic E-state index is 10.8. The second kappa shape index (κ2) is 11.3. The quantitative estimate of drug-likeness (QED) is 0.394. The number of methoxy groups -OCH3 is 2.